The van der Waals surface area contributed by atoms with Gasteiger partial charge >= 0.3 is 0 Å². The molecule has 27 heavy (non-hydrogen) atoms. The Kier molecular flexibility index (Phi) is 6.09. The maximum absolute atomic E-state index is 9.03. The Balaban J connectivity index is 1.49. The molecule has 8 nitrogen and oxygen atoms in total. The highest BCUT2D eigenvalue weighted by atomic mass is 35.5. The lowest BCUT2D eigenvalue weighted by atomic mass is 10.1. The van der Waals surface area contributed by atoms with Gasteiger partial charge in [-0.1, -0.05) is 12.8 Å². The van der Waals surface area contributed by atoms with Crippen molar-refractivity contribution in [1.82, 2.24) is 19.7 Å². The van der Waals surface area contributed by atoms with E-state index in [0.717, 1.165) is 49.7 Å². The van der Waals surface area contributed by atoms with Gasteiger partial charge in [0.05, 0.1) is 17.7 Å². The van der Waals surface area contributed by atoms with Gasteiger partial charge in [-0.15, -0.1) is 0 Å². The van der Waals surface area contributed by atoms with Gasteiger partial charge in [0.15, 0.2) is 20.3 Å². The van der Waals surface area contributed by atoms with Crippen molar-refractivity contribution in [1.29, 1.82) is 0 Å². The molecule has 1 saturated carbocycles. The van der Waals surface area contributed by atoms with E-state index in [0.29, 0.717) is 17.9 Å². The summed E-state index contributed by atoms with van der Waals surface area (Å²) in [5.74, 6) is 0.747. The van der Waals surface area contributed by atoms with Crippen LogP contribution < -0.4 is 5.32 Å². The molecule has 10 heteroatoms. The maximum atomic E-state index is 9.03. The molecule has 2 atom stereocenters. The number of aromatic nitrogens is 4. The second-order valence-corrected chi connectivity index (χ2v) is 8.85. The summed E-state index contributed by atoms with van der Waals surface area (Å²) < 4.78 is 7.93. The SMILES string of the molecule is OP(O)CCCC1CCC(n2ncc3c(NC4CCCC4)nc(Cl)nc32)O1. The lowest BCUT2D eigenvalue weighted by Gasteiger charge is -2.16. The molecule has 2 aromatic heterocycles. The normalized spacial score (nSPS) is 23.7. The largest absolute Gasteiger partial charge is 0.367 e. The molecule has 1 saturated heterocycles. The van der Waals surface area contributed by atoms with Crippen molar-refractivity contribution in [2.45, 2.75) is 69.7 Å². The third kappa shape index (κ3) is 4.51. The van der Waals surface area contributed by atoms with Crippen molar-refractivity contribution in [2.24, 2.45) is 0 Å². The summed E-state index contributed by atoms with van der Waals surface area (Å²) in [6.07, 6.45) is 10.3. The number of rotatable bonds is 7. The molecule has 3 N–H and O–H groups in total. The van der Waals surface area contributed by atoms with E-state index in [2.05, 4.69) is 20.4 Å². The van der Waals surface area contributed by atoms with E-state index in [-0.39, 0.29) is 17.6 Å². The second kappa shape index (κ2) is 8.53. The number of hydrogen-bond acceptors (Lipinski definition) is 7. The molecule has 2 aromatic rings. The number of nitrogens with zero attached hydrogens (tertiary/aromatic N) is 4. The molecule has 2 unspecified atom stereocenters. The molecule has 4 rings (SSSR count). The molecule has 0 spiro atoms. The minimum Gasteiger partial charge on any atom is -0.367 e. The molecular weight excluding hydrogens is 389 g/mol. The summed E-state index contributed by atoms with van der Waals surface area (Å²) >= 11 is 6.18. The summed E-state index contributed by atoms with van der Waals surface area (Å²) in [6.45, 7) is 0. The van der Waals surface area contributed by atoms with Crippen LogP contribution in [0.2, 0.25) is 5.28 Å². The van der Waals surface area contributed by atoms with Crippen molar-refractivity contribution in [3.05, 3.63) is 11.5 Å². The maximum Gasteiger partial charge on any atom is 0.226 e. The summed E-state index contributed by atoms with van der Waals surface area (Å²) in [4.78, 5) is 26.8. The Morgan fingerprint density at radius 2 is 2.04 bits per heavy atom. The number of halogens is 1. The van der Waals surface area contributed by atoms with Crippen LogP contribution in [-0.2, 0) is 4.74 Å². The Morgan fingerprint density at radius 3 is 2.81 bits per heavy atom. The van der Waals surface area contributed by atoms with Gasteiger partial charge in [-0.2, -0.15) is 15.1 Å². The third-order valence-electron chi connectivity index (χ3n) is 5.36. The molecule has 3 heterocycles. The summed E-state index contributed by atoms with van der Waals surface area (Å²) in [6, 6.07) is 0.429. The van der Waals surface area contributed by atoms with Crippen molar-refractivity contribution < 1.29 is 14.5 Å². The average molecular weight is 414 g/mol. The molecule has 0 radical (unpaired) electrons. The van der Waals surface area contributed by atoms with Crippen LogP contribution in [0.15, 0.2) is 6.20 Å². The van der Waals surface area contributed by atoms with Gasteiger partial charge < -0.3 is 19.8 Å². The molecule has 2 fully saturated rings. The van der Waals surface area contributed by atoms with Crippen LogP contribution in [0.25, 0.3) is 11.0 Å². The molecular formula is C17H25ClN5O3P. The van der Waals surface area contributed by atoms with Crippen LogP contribution in [0, 0.1) is 0 Å². The van der Waals surface area contributed by atoms with E-state index in [1.807, 2.05) is 0 Å². The fourth-order valence-electron chi connectivity index (χ4n) is 4.02. The quantitative estimate of drug-likeness (QED) is 0.470. The number of ether oxygens (including phenoxy) is 1. The van der Waals surface area contributed by atoms with E-state index in [4.69, 9.17) is 26.1 Å². The number of hydrogen-bond donors (Lipinski definition) is 3. The first-order valence-corrected chi connectivity index (χ1v) is 11.4. The first-order chi connectivity index (χ1) is 13.1. The topological polar surface area (TPSA) is 105 Å². The summed E-state index contributed by atoms with van der Waals surface area (Å²) in [5.41, 5.74) is 0.690. The molecule has 1 aliphatic carbocycles. The second-order valence-electron chi connectivity index (χ2n) is 7.32. The van der Waals surface area contributed by atoms with E-state index in [1.54, 1.807) is 10.9 Å². The van der Waals surface area contributed by atoms with E-state index < -0.39 is 8.38 Å². The zero-order chi connectivity index (χ0) is 18.8. The highest BCUT2D eigenvalue weighted by molar-refractivity contribution is 7.45. The first kappa shape index (κ1) is 19.3. The predicted molar refractivity (Wildman–Crippen MR) is 105 cm³/mol. The number of nitrogens with one attached hydrogen (secondary N) is 1. The van der Waals surface area contributed by atoms with Gasteiger partial charge in [0.1, 0.15) is 5.82 Å². The van der Waals surface area contributed by atoms with Gasteiger partial charge in [-0.05, 0) is 50.1 Å². The molecule has 148 valence electrons. The standard InChI is InChI=1S/C17H25ClN5O3P/c18-17-21-15(20-11-4-1-2-5-11)13-10-19-23(16(13)22-17)14-8-7-12(26-14)6-3-9-27(24)25/h10-12,14,24-25H,1-9H2,(H,20,21,22). The van der Waals surface area contributed by atoms with Crippen LogP contribution in [0.1, 0.15) is 57.6 Å². The number of anilines is 1. The Morgan fingerprint density at radius 1 is 1.22 bits per heavy atom. The fourth-order valence-corrected chi connectivity index (χ4v) is 4.65. The highest BCUT2D eigenvalue weighted by Crippen LogP contribution is 2.35. The monoisotopic (exact) mass is 413 g/mol. The van der Waals surface area contributed by atoms with Gasteiger partial charge in [-0.25, -0.2) is 4.68 Å². The van der Waals surface area contributed by atoms with Crippen LogP contribution in [-0.4, -0.2) is 47.8 Å². The molecule has 0 aromatic carbocycles. The van der Waals surface area contributed by atoms with Crippen molar-refractivity contribution in [2.75, 3.05) is 11.5 Å². The van der Waals surface area contributed by atoms with E-state index >= 15 is 0 Å². The number of fused-ring (bicyclic) bond motifs is 1. The Hall–Kier alpha value is -1.05. The van der Waals surface area contributed by atoms with Gasteiger partial charge in [0, 0.05) is 12.2 Å². The van der Waals surface area contributed by atoms with Crippen LogP contribution >= 0.6 is 20.0 Å². The average Bonchev–Trinajstić information content (AvgIpc) is 3.34. The van der Waals surface area contributed by atoms with Gasteiger partial charge in [0.25, 0.3) is 0 Å². The first-order valence-electron chi connectivity index (χ1n) is 9.58. The van der Waals surface area contributed by atoms with Crippen molar-refractivity contribution in [3.8, 4) is 0 Å². The van der Waals surface area contributed by atoms with Crippen LogP contribution in [0.3, 0.4) is 0 Å². The van der Waals surface area contributed by atoms with E-state index in [1.165, 1.54) is 12.8 Å². The predicted octanol–water partition coefficient (Wildman–Crippen LogP) is 3.59. The Bertz CT molecular complexity index is 783. The minimum atomic E-state index is -1.82. The van der Waals surface area contributed by atoms with Gasteiger partial charge in [-0.3, -0.25) is 0 Å². The third-order valence-corrected chi connectivity index (χ3v) is 6.25. The summed E-state index contributed by atoms with van der Waals surface area (Å²) in [5, 5.41) is 9.08. The smallest absolute Gasteiger partial charge is 0.226 e. The zero-order valence-electron chi connectivity index (χ0n) is 15.1. The fraction of sp³-hybridized carbons (Fsp3) is 0.706. The lowest BCUT2D eigenvalue weighted by molar-refractivity contribution is -0.00629. The van der Waals surface area contributed by atoms with Gasteiger partial charge in [0.2, 0.25) is 5.28 Å². The molecule has 0 bridgehead atoms. The van der Waals surface area contributed by atoms with Crippen molar-refractivity contribution >= 4 is 36.8 Å². The Labute approximate surface area is 164 Å². The molecule has 0 amide bonds. The minimum absolute atomic E-state index is 0.109. The van der Waals surface area contributed by atoms with Crippen LogP contribution in [0.4, 0.5) is 5.82 Å². The molecule has 1 aliphatic heterocycles. The van der Waals surface area contributed by atoms with Crippen molar-refractivity contribution in [3.63, 3.8) is 0 Å². The molecule has 2 aliphatic rings. The van der Waals surface area contributed by atoms with Crippen LogP contribution in [0.5, 0.6) is 0 Å². The highest BCUT2D eigenvalue weighted by Gasteiger charge is 2.29. The summed E-state index contributed by atoms with van der Waals surface area (Å²) in [7, 11) is -1.82. The lowest BCUT2D eigenvalue weighted by Crippen LogP contribution is -2.16. The zero-order valence-corrected chi connectivity index (χ0v) is 16.7. The van der Waals surface area contributed by atoms with E-state index in [9.17, 15) is 0 Å².